The van der Waals surface area contributed by atoms with E-state index in [1.165, 1.54) is 0 Å². The monoisotopic (exact) mass is 505 g/mol. The van der Waals surface area contributed by atoms with Crippen molar-refractivity contribution >= 4 is 18.1 Å². The Hall–Kier alpha value is -2.88. The lowest BCUT2D eigenvalue weighted by molar-refractivity contribution is -0.162. The molecule has 4 atom stereocenters. The molecule has 200 valence electrons. The summed E-state index contributed by atoms with van der Waals surface area (Å²) in [5, 5.41) is 13.2. The van der Waals surface area contributed by atoms with Crippen LogP contribution in [0.3, 0.4) is 0 Å². The summed E-state index contributed by atoms with van der Waals surface area (Å²) in [5.41, 5.74) is 0.250. The quantitative estimate of drug-likeness (QED) is 0.363. The predicted molar refractivity (Wildman–Crippen MR) is 135 cm³/mol. The van der Waals surface area contributed by atoms with Crippen molar-refractivity contribution in [2.24, 2.45) is 0 Å². The third kappa shape index (κ3) is 9.29. The molecule has 0 radical (unpaired) electrons. The van der Waals surface area contributed by atoms with E-state index >= 15 is 0 Å². The second kappa shape index (κ2) is 12.9. The standard InChI is InChI=1S/C27H39NO8/c1-8-33-19-16-14-18(15-17-19)12-10-9-11-13-20-23(35-27(5,6)34-20)21(22(29)24(30)32-7)28-25(31)36-26(2,3)4/h9-12,14-17,20-23,29H,8,13H2,1-7H3,(H,28,31)/b11-9+,12-10+. The number of carbonyl (C=O) groups excluding carboxylic acids is 2. The number of rotatable bonds is 10. The third-order valence-corrected chi connectivity index (χ3v) is 5.14. The Morgan fingerprint density at radius 3 is 2.42 bits per heavy atom. The molecule has 1 heterocycles. The Morgan fingerprint density at radius 1 is 1.17 bits per heavy atom. The first kappa shape index (κ1) is 29.4. The number of hydrogen-bond acceptors (Lipinski definition) is 8. The fourth-order valence-corrected chi connectivity index (χ4v) is 3.70. The smallest absolute Gasteiger partial charge is 0.408 e. The molecule has 0 aliphatic carbocycles. The van der Waals surface area contributed by atoms with Crippen molar-refractivity contribution in [1.29, 1.82) is 0 Å². The maximum absolute atomic E-state index is 12.5. The van der Waals surface area contributed by atoms with Gasteiger partial charge in [0.25, 0.3) is 0 Å². The van der Waals surface area contributed by atoms with Crippen molar-refractivity contribution < 1.29 is 38.4 Å². The van der Waals surface area contributed by atoms with Crippen LogP contribution in [0.25, 0.3) is 6.08 Å². The molecule has 0 saturated carbocycles. The van der Waals surface area contributed by atoms with E-state index in [9.17, 15) is 14.7 Å². The minimum Gasteiger partial charge on any atom is -0.494 e. The van der Waals surface area contributed by atoms with E-state index in [1.54, 1.807) is 34.6 Å². The van der Waals surface area contributed by atoms with Crippen LogP contribution in [-0.4, -0.2) is 66.6 Å². The maximum Gasteiger partial charge on any atom is 0.408 e. The van der Waals surface area contributed by atoms with E-state index in [0.717, 1.165) is 18.4 Å². The van der Waals surface area contributed by atoms with Crippen molar-refractivity contribution in [3.05, 3.63) is 48.1 Å². The van der Waals surface area contributed by atoms with Crippen LogP contribution >= 0.6 is 0 Å². The molecule has 2 N–H and O–H groups in total. The molecule has 1 aromatic rings. The van der Waals surface area contributed by atoms with Gasteiger partial charge in [-0.2, -0.15) is 0 Å². The Morgan fingerprint density at radius 2 is 1.83 bits per heavy atom. The summed E-state index contributed by atoms with van der Waals surface area (Å²) >= 11 is 0. The van der Waals surface area contributed by atoms with Crippen molar-refractivity contribution in [3.63, 3.8) is 0 Å². The molecule has 1 saturated heterocycles. The number of alkyl carbamates (subject to hydrolysis) is 1. The first-order valence-corrected chi connectivity index (χ1v) is 12.0. The van der Waals surface area contributed by atoms with E-state index in [0.29, 0.717) is 13.0 Å². The molecule has 0 spiro atoms. The van der Waals surface area contributed by atoms with Crippen LogP contribution in [0.5, 0.6) is 5.75 Å². The molecule has 1 fully saturated rings. The number of aliphatic hydroxyl groups excluding tert-OH is 1. The predicted octanol–water partition coefficient (Wildman–Crippen LogP) is 3.99. The number of amides is 1. The minimum absolute atomic E-state index is 0.405. The zero-order valence-electron chi connectivity index (χ0n) is 22.1. The lowest BCUT2D eigenvalue weighted by atomic mass is 9.98. The topological polar surface area (TPSA) is 113 Å². The second-order valence-electron chi connectivity index (χ2n) is 9.80. The number of aliphatic hydroxyl groups is 1. The van der Waals surface area contributed by atoms with Gasteiger partial charge in [0.15, 0.2) is 11.9 Å². The molecule has 1 aliphatic heterocycles. The van der Waals surface area contributed by atoms with Crippen LogP contribution in [0, 0.1) is 0 Å². The highest BCUT2D eigenvalue weighted by Crippen LogP contribution is 2.33. The summed E-state index contributed by atoms with van der Waals surface area (Å²) in [6, 6.07) is 6.58. The molecule has 1 amide bonds. The molecule has 2 rings (SSSR count). The van der Waals surface area contributed by atoms with E-state index in [2.05, 4.69) is 10.1 Å². The van der Waals surface area contributed by atoms with Gasteiger partial charge in [-0.05, 0) is 65.7 Å². The highest BCUT2D eigenvalue weighted by atomic mass is 16.8. The molecule has 0 bridgehead atoms. The van der Waals surface area contributed by atoms with Crippen LogP contribution in [-0.2, 0) is 23.7 Å². The molecule has 9 heteroatoms. The highest BCUT2D eigenvalue weighted by Gasteiger charge is 2.49. The zero-order valence-corrected chi connectivity index (χ0v) is 22.1. The molecule has 36 heavy (non-hydrogen) atoms. The normalized spacial score (nSPS) is 21.3. The van der Waals surface area contributed by atoms with E-state index in [-0.39, 0.29) is 0 Å². The van der Waals surface area contributed by atoms with Gasteiger partial charge in [-0.25, -0.2) is 9.59 Å². The lowest BCUT2D eigenvalue weighted by Gasteiger charge is -2.30. The van der Waals surface area contributed by atoms with Gasteiger partial charge in [0.05, 0.1) is 25.9 Å². The Labute approximate surface area is 213 Å². The molecule has 1 aromatic carbocycles. The number of allylic oxidation sites excluding steroid dienone is 2. The Kier molecular flexibility index (Phi) is 10.5. The average molecular weight is 506 g/mol. The number of benzene rings is 1. The first-order chi connectivity index (χ1) is 16.8. The van der Waals surface area contributed by atoms with E-state index in [4.69, 9.17) is 18.9 Å². The van der Waals surface area contributed by atoms with Crippen molar-refractivity contribution in [2.45, 2.75) is 83.7 Å². The Balaban J connectivity index is 2.13. The summed E-state index contributed by atoms with van der Waals surface area (Å²) in [6.07, 6.45) is 4.13. The van der Waals surface area contributed by atoms with Gasteiger partial charge in [-0.3, -0.25) is 0 Å². The second-order valence-corrected chi connectivity index (χ2v) is 9.80. The summed E-state index contributed by atoms with van der Waals surface area (Å²) in [5.74, 6) is -1.08. The Bertz CT molecular complexity index is 917. The third-order valence-electron chi connectivity index (χ3n) is 5.14. The first-order valence-electron chi connectivity index (χ1n) is 12.0. The van der Waals surface area contributed by atoms with Gasteiger partial charge in [-0.15, -0.1) is 0 Å². The summed E-state index contributed by atoms with van der Waals surface area (Å²) < 4.78 is 27.5. The number of carbonyl (C=O) groups is 2. The van der Waals surface area contributed by atoms with Crippen LogP contribution in [0.2, 0.25) is 0 Å². The average Bonchev–Trinajstić information content (AvgIpc) is 3.10. The van der Waals surface area contributed by atoms with Crippen molar-refractivity contribution in [1.82, 2.24) is 5.32 Å². The maximum atomic E-state index is 12.5. The molecular formula is C27H39NO8. The van der Waals surface area contributed by atoms with Crippen LogP contribution in [0.4, 0.5) is 4.79 Å². The molecule has 4 unspecified atom stereocenters. The molecule has 0 aromatic heterocycles. The van der Waals surface area contributed by atoms with Crippen LogP contribution in [0.1, 0.15) is 53.5 Å². The number of methoxy groups -OCH3 is 1. The van der Waals surface area contributed by atoms with Crippen molar-refractivity contribution in [3.8, 4) is 5.75 Å². The minimum atomic E-state index is -1.68. The fraction of sp³-hybridized carbons (Fsp3) is 0.556. The lowest BCUT2D eigenvalue weighted by Crippen LogP contribution is -2.57. The summed E-state index contributed by atoms with van der Waals surface area (Å²) in [4.78, 5) is 24.6. The van der Waals surface area contributed by atoms with Gasteiger partial charge in [0, 0.05) is 0 Å². The SMILES string of the molecule is CCOc1ccc(/C=C/C=C/CC2OC(C)(C)OC2C(NC(=O)OC(C)(C)C)C(O)C(=O)OC)cc1. The molecule has 1 aliphatic rings. The van der Waals surface area contributed by atoms with Crippen molar-refractivity contribution in [2.75, 3.05) is 13.7 Å². The zero-order chi connectivity index (χ0) is 26.9. The van der Waals surface area contributed by atoms with Gasteiger partial charge >= 0.3 is 12.1 Å². The van der Waals surface area contributed by atoms with Gasteiger partial charge in [0.2, 0.25) is 0 Å². The molecular weight excluding hydrogens is 466 g/mol. The van der Waals surface area contributed by atoms with Gasteiger partial charge in [-0.1, -0.05) is 36.4 Å². The van der Waals surface area contributed by atoms with Crippen LogP contribution in [0.15, 0.2) is 42.5 Å². The highest BCUT2D eigenvalue weighted by molar-refractivity contribution is 5.77. The molecule has 9 nitrogen and oxygen atoms in total. The van der Waals surface area contributed by atoms with Gasteiger partial charge < -0.3 is 34.1 Å². The summed E-state index contributed by atoms with van der Waals surface area (Å²) in [7, 11) is 1.16. The number of ether oxygens (including phenoxy) is 5. The fourth-order valence-electron chi connectivity index (χ4n) is 3.70. The summed E-state index contributed by atoms with van der Waals surface area (Å²) in [6.45, 7) is 11.2. The van der Waals surface area contributed by atoms with E-state index < -0.39 is 47.8 Å². The largest absolute Gasteiger partial charge is 0.494 e. The number of esters is 1. The number of hydrogen-bond donors (Lipinski definition) is 2. The van der Waals surface area contributed by atoms with E-state index in [1.807, 2.05) is 55.5 Å². The van der Waals surface area contributed by atoms with Gasteiger partial charge in [0.1, 0.15) is 17.5 Å². The number of nitrogens with one attached hydrogen (secondary N) is 1. The van der Waals surface area contributed by atoms with Crippen LogP contribution < -0.4 is 10.1 Å².